The van der Waals surface area contributed by atoms with E-state index in [0.29, 0.717) is 4.47 Å². The maximum Gasteiger partial charge on any atom is 0.337 e. The van der Waals surface area contributed by atoms with E-state index >= 15 is 0 Å². The number of halogens is 3. The second kappa shape index (κ2) is 5.54. The number of ether oxygens (including phenoxy) is 1. The van der Waals surface area contributed by atoms with E-state index in [1.807, 2.05) is 0 Å². The third kappa shape index (κ3) is 3.21. The summed E-state index contributed by atoms with van der Waals surface area (Å²) in [5.41, 5.74) is -0.0562. The summed E-state index contributed by atoms with van der Waals surface area (Å²) in [6.45, 7) is 0. The molecule has 0 radical (unpaired) electrons. The van der Waals surface area contributed by atoms with Gasteiger partial charge in [0, 0.05) is 12.3 Å². The number of rotatable bonds is 3. The van der Waals surface area contributed by atoms with E-state index in [2.05, 4.69) is 20.9 Å². The monoisotopic (exact) mass is 345 g/mol. The summed E-state index contributed by atoms with van der Waals surface area (Å²) in [6.07, 6.45) is 1.11. The highest BCUT2D eigenvalue weighted by Crippen LogP contribution is 2.29. The van der Waals surface area contributed by atoms with Crippen LogP contribution in [0.15, 0.2) is 34.9 Å². The number of nitrogens with zero attached hydrogens (tertiary/aromatic N) is 1. The Morgan fingerprint density at radius 1 is 1.42 bits per heavy atom. The first kappa shape index (κ1) is 13.8. The van der Waals surface area contributed by atoms with Crippen molar-refractivity contribution >= 4 is 33.5 Å². The molecular weight excluding hydrogens is 340 g/mol. The van der Waals surface area contributed by atoms with Gasteiger partial charge in [0.15, 0.2) is 0 Å². The summed E-state index contributed by atoms with van der Waals surface area (Å²) in [6, 6.07) is 5.37. The Balaban J connectivity index is 2.28. The molecule has 7 heteroatoms. The van der Waals surface area contributed by atoms with Gasteiger partial charge >= 0.3 is 5.97 Å². The number of aromatic nitrogens is 1. The Morgan fingerprint density at radius 2 is 2.16 bits per heavy atom. The van der Waals surface area contributed by atoms with Crippen molar-refractivity contribution in [2.24, 2.45) is 0 Å². The molecule has 0 saturated carbocycles. The summed E-state index contributed by atoms with van der Waals surface area (Å²) in [7, 11) is 0. The average Bonchev–Trinajstić information content (AvgIpc) is 2.36. The van der Waals surface area contributed by atoms with Gasteiger partial charge in [-0.1, -0.05) is 11.6 Å². The van der Waals surface area contributed by atoms with E-state index in [1.54, 1.807) is 0 Å². The van der Waals surface area contributed by atoms with Crippen LogP contribution in [0.3, 0.4) is 0 Å². The summed E-state index contributed by atoms with van der Waals surface area (Å²) < 4.78 is 18.9. The molecule has 0 aliphatic heterocycles. The third-order valence-electron chi connectivity index (χ3n) is 2.16. The molecule has 1 heterocycles. The average molecular weight is 347 g/mol. The molecule has 0 bridgehead atoms. The molecule has 0 spiro atoms. The van der Waals surface area contributed by atoms with Crippen LogP contribution in [0.25, 0.3) is 0 Å². The number of aromatic carboxylic acids is 1. The molecule has 0 saturated heterocycles. The standard InChI is InChI=1S/C12H6BrClFNO3/c13-8-2-1-7(4-10(8)15)19-11-9(14)3-6(5-16-11)12(17)18/h1-5H,(H,17,18). The Hall–Kier alpha value is -1.66. The summed E-state index contributed by atoms with van der Waals surface area (Å²) in [5, 5.41) is 8.79. The van der Waals surface area contributed by atoms with Crippen LogP contribution in [0.4, 0.5) is 4.39 Å². The zero-order chi connectivity index (χ0) is 14.0. The lowest BCUT2D eigenvalue weighted by molar-refractivity contribution is 0.0696. The van der Waals surface area contributed by atoms with Crippen molar-refractivity contribution in [3.05, 3.63) is 51.3 Å². The van der Waals surface area contributed by atoms with Crippen molar-refractivity contribution in [3.8, 4) is 11.6 Å². The quantitative estimate of drug-likeness (QED) is 0.908. The van der Waals surface area contributed by atoms with Crippen molar-refractivity contribution in [2.45, 2.75) is 0 Å². The second-order valence-electron chi connectivity index (χ2n) is 3.49. The van der Waals surface area contributed by atoms with E-state index in [-0.39, 0.29) is 22.2 Å². The van der Waals surface area contributed by atoms with E-state index in [4.69, 9.17) is 21.4 Å². The van der Waals surface area contributed by atoms with Crippen LogP contribution in [0.1, 0.15) is 10.4 Å². The molecule has 4 nitrogen and oxygen atoms in total. The molecular formula is C12H6BrClFNO3. The van der Waals surface area contributed by atoms with Crippen molar-refractivity contribution in [1.82, 2.24) is 4.98 Å². The Labute approximate surface area is 120 Å². The van der Waals surface area contributed by atoms with E-state index < -0.39 is 11.8 Å². The zero-order valence-electron chi connectivity index (χ0n) is 9.23. The van der Waals surface area contributed by atoms with Gasteiger partial charge in [-0.15, -0.1) is 0 Å². The minimum atomic E-state index is -1.14. The number of hydrogen-bond acceptors (Lipinski definition) is 3. The van der Waals surface area contributed by atoms with Crippen LogP contribution >= 0.6 is 27.5 Å². The fourth-order valence-electron chi connectivity index (χ4n) is 1.27. The third-order valence-corrected chi connectivity index (χ3v) is 3.07. The molecule has 0 unspecified atom stereocenters. The van der Waals surface area contributed by atoms with E-state index in [9.17, 15) is 9.18 Å². The first-order valence-electron chi connectivity index (χ1n) is 4.99. The van der Waals surface area contributed by atoms with Crippen LogP contribution in [-0.4, -0.2) is 16.1 Å². The number of carbonyl (C=O) groups is 1. The predicted octanol–water partition coefficient (Wildman–Crippen LogP) is 4.13. The molecule has 0 aliphatic carbocycles. The van der Waals surface area contributed by atoms with Gasteiger partial charge in [-0.2, -0.15) is 0 Å². The molecule has 0 atom stereocenters. The highest BCUT2D eigenvalue weighted by molar-refractivity contribution is 9.10. The van der Waals surface area contributed by atoms with Crippen molar-refractivity contribution < 1.29 is 19.0 Å². The van der Waals surface area contributed by atoms with Crippen LogP contribution in [0.2, 0.25) is 5.02 Å². The molecule has 0 amide bonds. The van der Waals surface area contributed by atoms with Gasteiger partial charge in [0.05, 0.1) is 10.0 Å². The normalized spacial score (nSPS) is 10.3. The van der Waals surface area contributed by atoms with Crippen molar-refractivity contribution in [2.75, 3.05) is 0 Å². The lowest BCUT2D eigenvalue weighted by atomic mass is 10.3. The summed E-state index contributed by atoms with van der Waals surface area (Å²) in [5.74, 6) is -1.42. The summed E-state index contributed by atoms with van der Waals surface area (Å²) in [4.78, 5) is 14.5. The van der Waals surface area contributed by atoms with Crippen molar-refractivity contribution in [3.63, 3.8) is 0 Å². The highest BCUT2D eigenvalue weighted by atomic mass is 79.9. The van der Waals surface area contributed by atoms with E-state index in [0.717, 1.165) is 12.3 Å². The smallest absolute Gasteiger partial charge is 0.337 e. The fourth-order valence-corrected chi connectivity index (χ4v) is 1.72. The lowest BCUT2D eigenvalue weighted by Crippen LogP contribution is -1.98. The van der Waals surface area contributed by atoms with Gasteiger partial charge in [0.1, 0.15) is 16.6 Å². The molecule has 0 fully saturated rings. The number of carboxylic acids is 1. The highest BCUT2D eigenvalue weighted by Gasteiger charge is 2.11. The van der Waals surface area contributed by atoms with Crippen LogP contribution in [0, 0.1) is 5.82 Å². The van der Waals surface area contributed by atoms with Gasteiger partial charge in [0.25, 0.3) is 0 Å². The lowest BCUT2D eigenvalue weighted by Gasteiger charge is -2.07. The van der Waals surface area contributed by atoms with Crippen LogP contribution in [-0.2, 0) is 0 Å². The second-order valence-corrected chi connectivity index (χ2v) is 4.76. The number of pyridine rings is 1. The molecule has 2 rings (SSSR count). The minimum absolute atomic E-state index is 0.00777. The molecule has 0 aliphatic rings. The molecule has 2 aromatic rings. The molecule has 19 heavy (non-hydrogen) atoms. The van der Waals surface area contributed by atoms with Crippen LogP contribution in [0.5, 0.6) is 11.6 Å². The number of benzene rings is 1. The SMILES string of the molecule is O=C(O)c1cnc(Oc2ccc(Br)c(F)c2)c(Cl)c1. The number of carboxylic acid groups (broad SMARTS) is 1. The largest absolute Gasteiger partial charge is 0.478 e. The number of hydrogen-bond donors (Lipinski definition) is 1. The molecule has 98 valence electrons. The maximum atomic E-state index is 13.3. The Morgan fingerprint density at radius 3 is 2.74 bits per heavy atom. The first-order valence-corrected chi connectivity index (χ1v) is 6.16. The van der Waals surface area contributed by atoms with Gasteiger partial charge < -0.3 is 9.84 Å². The Bertz CT molecular complexity index is 651. The zero-order valence-corrected chi connectivity index (χ0v) is 11.6. The molecule has 1 aromatic carbocycles. The molecule has 1 N–H and O–H groups in total. The molecule has 1 aromatic heterocycles. The van der Waals surface area contributed by atoms with Gasteiger partial charge in [-0.3, -0.25) is 0 Å². The first-order chi connectivity index (χ1) is 8.97. The summed E-state index contributed by atoms with van der Waals surface area (Å²) >= 11 is 8.86. The van der Waals surface area contributed by atoms with E-state index in [1.165, 1.54) is 18.2 Å². The van der Waals surface area contributed by atoms with Crippen molar-refractivity contribution in [1.29, 1.82) is 0 Å². The topological polar surface area (TPSA) is 59.4 Å². The Kier molecular flexibility index (Phi) is 4.01. The maximum absolute atomic E-state index is 13.3. The predicted molar refractivity (Wildman–Crippen MR) is 70.4 cm³/mol. The minimum Gasteiger partial charge on any atom is -0.478 e. The van der Waals surface area contributed by atoms with Gasteiger partial charge in [-0.25, -0.2) is 14.2 Å². The van der Waals surface area contributed by atoms with Gasteiger partial charge in [0.2, 0.25) is 5.88 Å². The fraction of sp³-hybridized carbons (Fsp3) is 0. The van der Waals surface area contributed by atoms with Gasteiger partial charge in [-0.05, 0) is 34.1 Å². The van der Waals surface area contributed by atoms with Crippen LogP contribution < -0.4 is 4.74 Å².